The molecule has 6 nitrogen and oxygen atoms in total. The molecular weight excluding hydrogens is 386 g/mol. The van der Waals surface area contributed by atoms with Crippen LogP contribution < -0.4 is 5.56 Å². The van der Waals surface area contributed by atoms with Gasteiger partial charge in [0.15, 0.2) is 0 Å². The minimum Gasteiger partial charge on any atom is -0.268 e. The molecule has 0 amide bonds. The second kappa shape index (κ2) is 7.64. The lowest BCUT2D eigenvalue weighted by Crippen LogP contribution is -2.23. The highest BCUT2D eigenvalue weighted by Gasteiger charge is 2.17. The number of hydrogen-bond donors (Lipinski definition) is 0. The van der Waals surface area contributed by atoms with Crippen molar-refractivity contribution < 1.29 is 8.42 Å². The predicted molar refractivity (Wildman–Crippen MR) is 105 cm³/mol. The van der Waals surface area contributed by atoms with Crippen LogP contribution >= 0.6 is 11.6 Å². The van der Waals surface area contributed by atoms with Crippen molar-refractivity contribution >= 4 is 21.6 Å². The molecule has 2 aromatic carbocycles. The highest BCUT2D eigenvalue weighted by molar-refractivity contribution is 7.89. The number of benzene rings is 2. The Morgan fingerprint density at radius 1 is 0.963 bits per heavy atom. The summed E-state index contributed by atoms with van der Waals surface area (Å²) in [7, 11) is -0.521. The number of sulfonamides is 1. The fraction of sp³-hybridized carbons (Fsp3) is 0.158. The summed E-state index contributed by atoms with van der Waals surface area (Å²) >= 11 is 5.89. The van der Waals surface area contributed by atoms with E-state index in [2.05, 4.69) is 5.10 Å². The first-order valence-corrected chi connectivity index (χ1v) is 9.95. The molecule has 0 atom stereocenters. The van der Waals surface area contributed by atoms with Crippen LogP contribution in [-0.4, -0.2) is 36.6 Å². The summed E-state index contributed by atoms with van der Waals surface area (Å²) in [5, 5.41) is 5.02. The van der Waals surface area contributed by atoms with Gasteiger partial charge in [0, 0.05) is 30.7 Å². The molecule has 0 N–H and O–H groups in total. The summed E-state index contributed by atoms with van der Waals surface area (Å²) in [4.78, 5) is 12.3. The fourth-order valence-corrected chi connectivity index (χ4v) is 3.52. The Kier molecular flexibility index (Phi) is 5.46. The zero-order valence-electron chi connectivity index (χ0n) is 14.8. The van der Waals surface area contributed by atoms with E-state index in [0.29, 0.717) is 17.3 Å². The van der Waals surface area contributed by atoms with Crippen molar-refractivity contribution in [2.75, 3.05) is 14.1 Å². The Morgan fingerprint density at radius 2 is 1.59 bits per heavy atom. The largest absolute Gasteiger partial charge is 0.268 e. The minimum absolute atomic E-state index is 0.200. The number of nitrogens with zero attached hydrogens (tertiary/aromatic N) is 3. The van der Waals surface area contributed by atoms with E-state index >= 15 is 0 Å². The first-order valence-electron chi connectivity index (χ1n) is 8.13. The van der Waals surface area contributed by atoms with Gasteiger partial charge in [-0.25, -0.2) is 17.4 Å². The highest BCUT2D eigenvalue weighted by atomic mass is 35.5. The van der Waals surface area contributed by atoms with Gasteiger partial charge in [0.25, 0.3) is 5.56 Å². The Balaban J connectivity index is 1.92. The summed E-state index contributed by atoms with van der Waals surface area (Å²) in [6.07, 6.45) is 0. The van der Waals surface area contributed by atoms with Gasteiger partial charge in [-0.3, -0.25) is 4.79 Å². The topological polar surface area (TPSA) is 72.3 Å². The van der Waals surface area contributed by atoms with Gasteiger partial charge >= 0.3 is 0 Å². The van der Waals surface area contributed by atoms with Gasteiger partial charge in [-0.05, 0) is 35.9 Å². The Bertz CT molecular complexity index is 1110. The molecule has 0 fully saturated rings. The maximum atomic E-state index is 12.2. The van der Waals surface area contributed by atoms with Gasteiger partial charge in [0.05, 0.1) is 17.1 Å². The number of aromatic nitrogens is 2. The molecule has 0 saturated carbocycles. The van der Waals surface area contributed by atoms with Gasteiger partial charge in [-0.1, -0.05) is 35.9 Å². The van der Waals surface area contributed by atoms with E-state index in [1.54, 1.807) is 30.3 Å². The van der Waals surface area contributed by atoms with Crippen LogP contribution in [0.15, 0.2) is 70.4 Å². The average Bonchev–Trinajstić information content (AvgIpc) is 2.65. The van der Waals surface area contributed by atoms with Crippen LogP contribution in [-0.2, 0) is 16.6 Å². The third kappa shape index (κ3) is 4.27. The maximum absolute atomic E-state index is 12.2. The normalized spacial score (nSPS) is 11.7. The molecule has 3 aromatic rings. The molecule has 0 aliphatic carbocycles. The van der Waals surface area contributed by atoms with Gasteiger partial charge in [-0.2, -0.15) is 5.10 Å². The van der Waals surface area contributed by atoms with Gasteiger partial charge < -0.3 is 0 Å². The van der Waals surface area contributed by atoms with E-state index in [1.807, 2.05) is 12.1 Å². The van der Waals surface area contributed by atoms with Crippen molar-refractivity contribution in [3.8, 4) is 11.3 Å². The van der Waals surface area contributed by atoms with E-state index in [-0.39, 0.29) is 10.5 Å². The van der Waals surface area contributed by atoms with Crippen molar-refractivity contribution in [3.63, 3.8) is 0 Å². The van der Waals surface area contributed by atoms with Crippen LogP contribution in [0, 0.1) is 0 Å². The predicted octanol–water partition coefficient (Wildman–Crippen LogP) is 2.86. The Morgan fingerprint density at radius 3 is 2.19 bits per heavy atom. The lowest BCUT2D eigenvalue weighted by molar-refractivity contribution is 0.521. The highest BCUT2D eigenvalue weighted by Crippen LogP contribution is 2.20. The number of rotatable bonds is 5. The van der Waals surface area contributed by atoms with Crippen LogP contribution in [0.5, 0.6) is 0 Å². The molecule has 0 unspecified atom stereocenters. The second-order valence-electron chi connectivity index (χ2n) is 6.15. The van der Waals surface area contributed by atoms with Crippen molar-refractivity contribution in [2.24, 2.45) is 0 Å². The van der Waals surface area contributed by atoms with Crippen molar-refractivity contribution in [2.45, 2.75) is 11.4 Å². The SMILES string of the molecule is CN(C)S(=O)(=O)c1ccc(-c2ccc(=O)n(Cc3ccc(Cl)cc3)n2)cc1. The van der Waals surface area contributed by atoms with Gasteiger partial charge in [-0.15, -0.1) is 0 Å². The minimum atomic E-state index is -3.49. The first kappa shape index (κ1) is 19.3. The summed E-state index contributed by atoms with van der Waals surface area (Å²) in [6.45, 7) is 0.316. The number of halogens is 1. The number of hydrogen-bond acceptors (Lipinski definition) is 4. The van der Waals surface area contributed by atoms with E-state index in [0.717, 1.165) is 15.4 Å². The van der Waals surface area contributed by atoms with Crippen LogP contribution in [0.1, 0.15) is 5.56 Å². The van der Waals surface area contributed by atoms with Crippen LogP contribution in [0.2, 0.25) is 5.02 Å². The molecule has 27 heavy (non-hydrogen) atoms. The Hall–Kier alpha value is -2.48. The lowest BCUT2D eigenvalue weighted by atomic mass is 10.1. The van der Waals surface area contributed by atoms with E-state index in [9.17, 15) is 13.2 Å². The maximum Gasteiger partial charge on any atom is 0.267 e. The Labute approximate surface area is 162 Å². The molecule has 0 radical (unpaired) electrons. The molecule has 1 aromatic heterocycles. The second-order valence-corrected chi connectivity index (χ2v) is 8.74. The molecule has 0 spiro atoms. The quantitative estimate of drug-likeness (QED) is 0.656. The molecule has 140 valence electrons. The summed E-state index contributed by atoms with van der Waals surface area (Å²) in [5.41, 5.74) is 1.98. The van der Waals surface area contributed by atoms with E-state index in [4.69, 9.17) is 11.6 Å². The molecule has 0 saturated heterocycles. The smallest absolute Gasteiger partial charge is 0.267 e. The molecular formula is C19H18ClN3O3S. The molecule has 0 aliphatic rings. The van der Waals surface area contributed by atoms with Gasteiger partial charge in [0.1, 0.15) is 0 Å². The van der Waals surface area contributed by atoms with E-state index < -0.39 is 10.0 Å². The summed E-state index contributed by atoms with van der Waals surface area (Å²) in [5.74, 6) is 0. The zero-order chi connectivity index (χ0) is 19.6. The third-order valence-electron chi connectivity index (χ3n) is 4.04. The summed E-state index contributed by atoms with van der Waals surface area (Å²) in [6, 6.07) is 16.7. The van der Waals surface area contributed by atoms with E-state index in [1.165, 1.54) is 37.0 Å². The standard InChI is InChI=1S/C19H18ClN3O3S/c1-22(2)27(25,26)17-9-5-15(6-10-17)18-11-12-19(24)23(21-18)13-14-3-7-16(20)8-4-14/h3-12H,13H2,1-2H3. The molecule has 0 aliphatic heterocycles. The average molecular weight is 404 g/mol. The van der Waals surface area contributed by atoms with Crippen molar-refractivity contribution in [1.82, 2.24) is 14.1 Å². The van der Waals surface area contributed by atoms with Crippen molar-refractivity contribution in [1.29, 1.82) is 0 Å². The molecule has 8 heteroatoms. The third-order valence-corrected chi connectivity index (χ3v) is 6.12. The monoisotopic (exact) mass is 403 g/mol. The molecule has 1 heterocycles. The molecule has 3 rings (SSSR count). The summed E-state index contributed by atoms with van der Waals surface area (Å²) < 4.78 is 26.8. The molecule has 0 bridgehead atoms. The first-order chi connectivity index (χ1) is 12.8. The van der Waals surface area contributed by atoms with Crippen LogP contribution in [0.25, 0.3) is 11.3 Å². The fourth-order valence-electron chi connectivity index (χ4n) is 2.49. The van der Waals surface area contributed by atoms with Gasteiger partial charge in [0.2, 0.25) is 10.0 Å². The zero-order valence-corrected chi connectivity index (χ0v) is 16.4. The van der Waals surface area contributed by atoms with Crippen molar-refractivity contribution in [3.05, 3.63) is 81.6 Å². The van der Waals surface area contributed by atoms with Crippen LogP contribution in [0.3, 0.4) is 0 Å². The lowest BCUT2D eigenvalue weighted by Gasteiger charge is -2.12. The van der Waals surface area contributed by atoms with Crippen LogP contribution in [0.4, 0.5) is 0 Å².